The van der Waals surface area contributed by atoms with Crippen molar-refractivity contribution in [3.05, 3.63) is 10.6 Å². The fourth-order valence-corrected chi connectivity index (χ4v) is 3.42. The summed E-state index contributed by atoms with van der Waals surface area (Å²) in [5.41, 5.74) is 0.786. The molecule has 20 heavy (non-hydrogen) atoms. The van der Waals surface area contributed by atoms with Gasteiger partial charge in [-0.25, -0.2) is 4.98 Å². The summed E-state index contributed by atoms with van der Waals surface area (Å²) >= 11 is 1.61. The van der Waals surface area contributed by atoms with E-state index in [0.717, 1.165) is 41.6 Å². The average Bonchev–Trinajstić information content (AvgIpc) is 2.80. The van der Waals surface area contributed by atoms with Gasteiger partial charge < -0.3 is 15.3 Å². The minimum absolute atomic E-state index is 0.413. The topological polar surface area (TPSA) is 65.5 Å². The predicted octanol–water partition coefficient (Wildman–Crippen LogP) is 2.40. The van der Waals surface area contributed by atoms with E-state index in [2.05, 4.69) is 36.1 Å². The second kappa shape index (κ2) is 6.54. The van der Waals surface area contributed by atoms with Crippen LogP contribution in [0.15, 0.2) is 0 Å². The summed E-state index contributed by atoms with van der Waals surface area (Å²) in [5.74, 6) is -1.16. The van der Waals surface area contributed by atoms with Crippen LogP contribution >= 0.6 is 11.3 Å². The molecule has 1 aliphatic carbocycles. The summed E-state index contributed by atoms with van der Waals surface area (Å²) in [6.07, 6.45) is 2.62. The molecule has 0 spiro atoms. The summed E-state index contributed by atoms with van der Waals surface area (Å²) in [4.78, 5) is 19.2. The van der Waals surface area contributed by atoms with E-state index in [1.165, 1.54) is 0 Å². The molecule has 0 amide bonds. The molecule has 0 fully saturated rings. The number of likely N-dealkylation sites (N-methyl/N-ethyl adjacent to an activating group) is 1. The van der Waals surface area contributed by atoms with Crippen LogP contribution in [-0.2, 0) is 11.2 Å². The third-order valence-corrected chi connectivity index (χ3v) is 4.96. The smallest absolute Gasteiger partial charge is 0.312 e. The minimum atomic E-state index is -0.748. The number of aliphatic carboxylic acids is 1. The maximum Gasteiger partial charge on any atom is 0.312 e. The zero-order chi connectivity index (χ0) is 14.7. The van der Waals surface area contributed by atoms with E-state index in [-0.39, 0.29) is 0 Å². The first-order valence-electron chi connectivity index (χ1n) is 7.15. The Morgan fingerprint density at radius 1 is 1.60 bits per heavy atom. The number of nitrogens with one attached hydrogen (secondary N) is 1. The summed E-state index contributed by atoms with van der Waals surface area (Å²) in [6, 6.07) is 0.526. The fourth-order valence-electron chi connectivity index (χ4n) is 2.33. The average molecular weight is 297 g/mol. The van der Waals surface area contributed by atoms with Crippen LogP contribution in [0, 0.1) is 0 Å². The summed E-state index contributed by atoms with van der Waals surface area (Å²) in [7, 11) is 2.10. The molecule has 1 aromatic heterocycles. The molecule has 0 aromatic carbocycles. The second-order valence-electron chi connectivity index (χ2n) is 5.61. The minimum Gasteiger partial charge on any atom is -0.481 e. The highest BCUT2D eigenvalue weighted by molar-refractivity contribution is 7.15. The van der Waals surface area contributed by atoms with Crippen molar-refractivity contribution in [3.63, 3.8) is 0 Å². The molecule has 0 saturated carbocycles. The molecule has 2 rings (SSSR count). The Kier molecular flexibility index (Phi) is 4.99. The van der Waals surface area contributed by atoms with Crippen LogP contribution in [0.1, 0.15) is 43.2 Å². The Balaban J connectivity index is 1.96. The lowest BCUT2D eigenvalue weighted by Crippen LogP contribution is -2.31. The van der Waals surface area contributed by atoms with Gasteiger partial charge in [-0.05, 0) is 40.2 Å². The molecule has 0 bridgehead atoms. The van der Waals surface area contributed by atoms with Crippen molar-refractivity contribution < 1.29 is 9.90 Å². The number of thiazole rings is 1. The lowest BCUT2D eigenvalue weighted by Gasteiger charge is -2.20. The van der Waals surface area contributed by atoms with Gasteiger partial charge in [-0.2, -0.15) is 0 Å². The van der Waals surface area contributed by atoms with E-state index >= 15 is 0 Å². The third kappa shape index (κ3) is 3.49. The molecule has 1 aliphatic rings. The molecule has 1 unspecified atom stereocenters. The van der Waals surface area contributed by atoms with Crippen molar-refractivity contribution in [1.29, 1.82) is 0 Å². The number of hydrogen-bond acceptors (Lipinski definition) is 5. The van der Waals surface area contributed by atoms with Crippen molar-refractivity contribution in [2.45, 2.75) is 45.1 Å². The Bertz CT molecular complexity index is 473. The number of anilines is 1. The third-order valence-electron chi connectivity index (χ3n) is 3.87. The zero-order valence-electron chi connectivity index (χ0n) is 12.3. The maximum atomic E-state index is 11.2. The first-order chi connectivity index (χ1) is 9.49. The molecule has 1 atom stereocenters. The number of nitrogens with zero attached hydrogens (tertiary/aromatic N) is 2. The van der Waals surface area contributed by atoms with E-state index in [1.807, 2.05) is 0 Å². The van der Waals surface area contributed by atoms with Gasteiger partial charge in [-0.3, -0.25) is 4.79 Å². The quantitative estimate of drug-likeness (QED) is 0.844. The number of hydrogen-bond donors (Lipinski definition) is 2. The fraction of sp³-hybridized carbons (Fsp3) is 0.714. The van der Waals surface area contributed by atoms with Crippen LogP contribution in [-0.4, -0.2) is 47.1 Å². The van der Waals surface area contributed by atoms with E-state index in [4.69, 9.17) is 0 Å². The second-order valence-corrected chi connectivity index (χ2v) is 6.70. The maximum absolute atomic E-state index is 11.2. The molecule has 0 aliphatic heterocycles. The predicted molar refractivity (Wildman–Crippen MR) is 81.7 cm³/mol. The molecular formula is C14H23N3O2S. The van der Waals surface area contributed by atoms with Crippen molar-refractivity contribution in [1.82, 2.24) is 9.88 Å². The number of fused-ring (bicyclic) bond motifs is 1. The van der Waals surface area contributed by atoms with E-state index < -0.39 is 11.9 Å². The van der Waals surface area contributed by atoms with Gasteiger partial charge in [0.25, 0.3) is 0 Å². The van der Waals surface area contributed by atoms with Crippen LogP contribution in [0.5, 0.6) is 0 Å². The van der Waals surface area contributed by atoms with Crippen LogP contribution in [0.4, 0.5) is 5.13 Å². The largest absolute Gasteiger partial charge is 0.481 e. The Hall–Kier alpha value is -1.14. The van der Waals surface area contributed by atoms with Gasteiger partial charge in [0.15, 0.2) is 5.13 Å². The van der Waals surface area contributed by atoms with E-state index in [0.29, 0.717) is 12.5 Å². The molecule has 1 heterocycles. The van der Waals surface area contributed by atoms with Crippen LogP contribution in [0.3, 0.4) is 0 Å². The molecule has 1 aromatic rings. The Labute approximate surface area is 124 Å². The van der Waals surface area contributed by atoms with Crippen molar-refractivity contribution in [2.24, 2.45) is 0 Å². The van der Waals surface area contributed by atoms with Crippen molar-refractivity contribution in [3.8, 4) is 0 Å². The molecule has 2 N–H and O–H groups in total. The van der Waals surface area contributed by atoms with Gasteiger partial charge in [0, 0.05) is 24.0 Å². The summed E-state index contributed by atoms with van der Waals surface area (Å²) in [5, 5.41) is 13.4. The SMILES string of the molecule is CC(C)N(C)CCNc1nc2c(s1)CCCC2C(=O)O. The Morgan fingerprint density at radius 3 is 3.00 bits per heavy atom. The Morgan fingerprint density at radius 2 is 2.35 bits per heavy atom. The number of carboxylic acids is 1. The van der Waals surface area contributed by atoms with E-state index in [9.17, 15) is 9.90 Å². The van der Waals surface area contributed by atoms with Gasteiger partial charge in [0.1, 0.15) is 5.92 Å². The number of carbonyl (C=O) groups is 1. The number of carboxylic acid groups (broad SMARTS) is 1. The monoisotopic (exact) mass is 297 g/mol. The number of rotatable bonds is 6. The van der Waals surface area contributed by atoms with Crippen LogP contribution in [0.2, 0.25) is 0 Å². The van der Waals surface area contributed by atoms with E-state index in [1.54, 1.807) is 11.3 Å². The van der Waals surface area contributed by atoms with Gasteiger partial charge in [-0.15, -0.1) is 11.3 Å². The summed E-state index contributed by atoms with van der Waals surface area (Å²) < 4.78 is 0. The zero-order valence-corrected chi connectivity index (χ0v) is 13.2. The van der Waals surface area contributed by atoms with Gasteiger partial charge in [0.05, 0.1) is 5.69 Å². The lowest BCUT2D eigenvalue weighted by atomic mass is 9.91. The molecular weight excluding hydrogens is 274 g/mol. The number of aromatic nitrogens is 1. The van der Waals surface area contributed by atoms with Gasteiger partial charge in [-0.1, -0.05) is 0 Å². The number of aryl methyl sites for hydroxylation is 1. The molecule has 5 nitrogen and oxygen atoms in total. The lowest BCUT2D eigenvalue weighted by molar-refractivity contribution is -0.139. The molecule has 0 saturated heterocycles. The van der Waals surface area contributed by atoms with Gasteiger partial charge in [0.2, 0.25) is 0 Å². The van der Waals surface area contributed by atoms with Gasteiger partial charge >= 0.3 is 5.97 Å². The van der Waals surface area contributed by atoms with Crippen molar-refractivity contribution in [2.75, 3.05) is 25.5 Å². The highest BCUT2D eigenvalue weighted by atomic mass is 32.1. The molecule has 6 heteroatoms. The summed E-state index contributed by atoms with van der Waals surface area (Å²) in [6.45, 7) is 6.11. The molecule has 0 radical (unpaired) electrons. The highest BCUT2D eigenvalue weighted by Gasteiger charge is 2.29. The normalized spacial score (nSPS) is 18.4. The van der Waals surface area contributed by atoms with Crippen LogP contribution < -0.4 is 5.32 Å². The highest BCUT2D eigenvalue weighted by Crippen LogP contribution is 2.36. The van der Waals surface area contributed by atoms with Crippen LogP contribution in [0.25, 0.3) is 0 Å². The first kappa shape index (κ1) is 15.3. The first-order valence-corrected chi connectivity index (χ1v) is 7.97. The van der Waals surface area contributed by atoms with Crippen molar-refractivity contribution >= 4 is 22.4 Å². The molecule has 112 valence electrons. The standard InChI is InChI=1S/C14H23N3O2S/c1-9(2)17(3)8-7-15-14-16-12-10(13(18)19)5-4-6-11(12)20-14/h9-10H,4-8H2,1-3H3,(H,15,16)(H,18,19).